The molecule has 0 spiro atoms. The molecule has 4 rings (SSSR count). The third-order valence-corrected chi connectivity index (χ3v) is 8.39. The number of amides is 3. The van der Waals surface area contributed by atoms with Crippen LogP contribution in [0.25, 0.3) is 0 Å². The molecular formula is C19H20Cl2N2O5S. The van der Waals surface area contributed by atoms with Crippen LogP contribution < -0.4 is 0 Å². The summed E-state index contributed by atoms with van der Waals surface area (Å²) in [5.74, 6) is -1.60. The Morgan fingerprint density at radius 3 is 2.03 bits per heavy atom. The van der Waals surface area contributed by atoms with Gasteiger partial charge >= 0.3 is 0 Å². The molecule has 7 nitrogen and oxygen atoms in total. The lowest BCUT2D eigenvalue weighted by atomic mass is 10.1. The summed E-state index contributed by atoms with van der Waals surface area (Å²) in [7, 11) is -3.18. The fourth-order valence-corrected chi connectivity index (χ4v) is 6.57. The Hall–Kier alpha value is -1.64. The van der Waals surface area contributed by atoms with Gasteiger partial charge in [0.15, 0.2) is 9.84 Å². The largest absolute Gasteiger partial charge is 0.334 e. The predicted molar refractivity (Wildman–Crippen MR) is 108 cm³/mol. The molecule has 3 amide bonds. The maximum atomic E-state index is 13.2. The lowest BCUT2D eigenvalue weighted by molar-refractivity contribution is -0.135. The van der Waals surface area contributed by atoms with E-state index in [9.17, 15) is 22.8 Å². The lowest BCUT2D eigenvalue weighted by Crippen LogP contribution is -2.51. The van der Waals surface area contributed by atoms with Gasteiger partial charge in [0, 0.05) is 12.1 Å². The number of halogens is 2. The monoisotopic (exact) mass is 458 g/mol. The van der Waals surface area contributed by atoms with E-state index in [-0.39, 0.29) is 38.7 Å². The van der Waals surface area contributed by atoms with Crippen LogP contribution in [0.2, 0.25) is 10.0 Å². The van der Waals surface area contributed by atoms with Crippen molar-refractivity contribution in [3.8, 4) is 0 Å². The molecule has 0 bridgehead atoms. The third kappa shape index (κ3) is 3.78. The van der Waals surface area contributed by atoms with Crippen molar-refractivity contribution in [1.29, 1.82) is 0 Å². The topological polar surface area (TPSA) is 91.8 Å². The Morgan fingerprint density at radius 2 is 1.55 bits per heavy atom. The summed E-state index contributed by atoms with van der Waals surface area (Å²) in [6, 6.07) is 2.21. The first-order valence-corrected chi connectivity index (χ1v) is 12.1. The van der Waals surface area contributed by atoms with Gasteiger partial charge in [0.05, 0.1) is 32.7 Å². The van der Waals surface area contributed by atoms with Gasteiger partial charge in [0.2, 0.25) is 5.91 Å². The van der Waals surface area contributed by atoms with E-state index in [0.717, 1.165) is 30.6 Å². The van der Waals surface area contributed by atoms with Crippen LogP contribution in [0.1, 0.15) is 52.8 Å². The standard InChI is InChI=1S/C19H20Cl2N2O5S/c20-15-7-13-14(8-16(15)21)19(26)22(18(13)25)9-17(24)23(11-3-1-2-4-11)12-5-6-29(27,28)10-12/h7-8,11-12H,1-6,9-10H2. The van der Waals surface area contributed by atoms with Gasteiger partial charge < -0.3 is 4.90 Å². The van der Waals surface area contributed by atoms with E-state index in [2.05, 4.69) is 0 Å². The molecule has 3 aliphatic rings. The lowest BCUT2D eigenvalue weighted by Gasteiger charge is -2.35. The molecule has 1 saturated heterocycles. The Labute approximate surface area is 178 Å². The smallest absolute Gasteiger partial charge is 0.262 e. The van der Waals surface area contributed by atoms with Crippen LogP contribution in [0.15, 0.2) is 12.1 Å². The molecule has 10 heteroatoms. The van der Waals surface area contributed by atoms with Crippen molar-refractivity contribution in [3.63, 3.8) is 0 Å². The highest BCUT2D eigenvalue weighted by molar-refractivity contribution is 7.91. The van der Waals surface area contributed by atoms with Gasteiger partial charge in [-0.15, -0.1) is 0 Å². The molecule has 1 aromatic carbocycles. The van der Waals surface area contributed by atoms with Crippen molar-refractivity contribution in [2.75, 3.05) is 18.1 Å². The fourth-order valence-electron chi connectivity index (χ4n) is 4.53. The van der Waals surface area contributed by atoms with E-state index in [4.69, 9.17) is 23.2 Å². The number of fused-ring (bicyclic) bond motifs is 1. The number of imide groups is 1. The van der Waals surface area contributed by atoms with Gasteiger partial charge in [-0.05, 0) is 31.4 Å². The molecule has 2 fully saturated rings. The quantitative estimate of drug-likeness (QED) is 0.646. The maximum absolute atomic E-state index is 13.2. The van der Waals surface area contributed by atoms with Crippen molar-refractivity contribution < 1.29 is 22.8 Å². The van der Waals surface area contributed by atoms with Crippen LogP contribution in [0, 0.1) is 0 Å². The summed E-state index contributed by atoms with van der Waals surface area (Å²) in [4.78, 5) is 41.1. The van der Waals surface area contributed by atoms with Crippen molar-refractivity contribution >= 4 is 50.8 Å². The molecule has 156 valence electrons. The summed E-state index contributed by atoms with van der Waals surface area (Å²) < 4.78 is 23.9. The molecule has 2 heterocycles. The molecule has 1 unspecified atom stereocenters. The van der Waals surface area contributed by atoms with Gasteiger partial charge in [-0.3, -0.25) is 19.3 Å². The van der Waals surface area contributed by atoms with E-state index < -0.39 is 40.1 Å². The zero-order chi connectivity index (χ0) is 20.9. The number of hydrogen-bond donors (Lipinski definition) is 0. The maximum Gasteiger partial charge on any atom is 0.262 e. The van der Waals surface area contributed by atoms with E-state index >= 15 is 0 Å². The number of rotatable bonds is 4. The second-order valence-corrected chi connectivity index (χ2v) is 10.8. The van der Waals surface area contributed by atoms with Gasteiger partial charge in [0.25, 0.3) is 11.8 Å². The number of hydrogen-bond acceptors (Lipinski definition) is 5. The molecule has 0 N–H and O–H groups in total. The van der Waals surface area contributed by atoms with Crippen LogP contribution in [-0.2, 0) is 14.6 Å². The van der Waals surface area contributed by atoms with Crippen molar-refractivity contribution in [2.24, 2.45) is 0 Å². The highest BCUT2D eigenvalue weighted by Gasteiger charge is 2.42. The second-order valence-electron chi connectivity index (χ2n) is 7.80. The highest BCUT2D eigenvalue weighted by Crippen LogP contribution is 2.33. The number of benzene rings is 1. The number of carbonyl (C=O) groups is 3. The molecule has 0 aromatic heterocycles. The third-order valence-electron chi connectivity index (χ3n) is 5.91. The first kappa shape index (κ1) is 20.6. The van der Waals surface area contributed by atoms with Gasteiger partial charge in [-0.25, -0.2) is 8.42 Å². The first-order chi connectivity index (χ1) is 13.7. The predicted octanol–water partition coefficient (Wildman–Crippen LogP) is 2.55. The average Bonchev–Trinajstić information content (AvgIpc) is 3.34. The summed E-state index contributed by atoms with van der Waals surface area (Å²) >= 11 is 11.9. The summed E-state index contributed by atoms with van der Waals surface area (Å²) in [6.45, 7) is -0.422. The Kier molecular flexibility index (Phi) is 5.38. The summed E-state index contributed by atoms with van der Waals surface area (Å²) in [6.07, 6.45) is 3.93. The van der Waals surface area contributed by atoms with Crippen molar-refractivity contribution in [2.45, 2.75) is 44.2 Å². The van der Waals surface area contributed by atoms with E-state index in [0.29, 0.717) is 6.42 Å². The Balaban J connectivity index is 1.58. The van der Waals surface area contributed by atoms with Crippen molar-refractivity contribution in [3.05, 3.63) is 33.3 Å². The molecule has 1 aliphatic carbocycles. The molecule has 1 saturated carbocycles. The first-order valence-electron chi connectivity index (χ1n) is 9.55. The highest BCUT2D eigenvalue weighted by atomic mass is 35.5. The zero-order valence-electron chi connectivity index (χ0n) is 15.6. The van der Waals surface area contributed by atoms with E-state index in [1.165, 1.54) is 12.1 Å². The minimum atomic E-state index is -3.18. The summed E-state index contributed by atoms with van der Waals surface area (Å²) in [5.41, 5.74) is 0.237. The molecular weight excluding hydrogens is 439 g/mol. The van der Waals surface area contributed by atoms with Crippen molar-refractivity contribution in [1.82, 2.24) is 9.80 Å². The minimum absolute atomic E-state index is 0.0538. The van der Waals surface area contributed by atoms with Gasteiger partial charge in [-0.1, -0.05) is 36.0 Å². The average molecular weight is 459 g/mol. The molecule has 1 aromatic rings. The second kappa shape index (κ2) is 7.56. The Bertz CT molecular complexity index is 963. The van der Waals surface area contributed by atoms with Crippen LogP contribution in [-0.4, -0.2) is 66.1 Å². The number of nitrogens with zero attached hydrogens (tertiary/aromatic N) is 2. The van der Waals surface area contributed by atoms with Crippen LogP contribution in [0.4, 0.5) is 0 Å². The van der Waals surface area contributed by atoms with Gasteiger partial charge in [0.1, 0.15) is 6.54 Å². The van der Waals surface area contributed by atoms with Crippen LogP contribution in [0.3, 0.4) is 0 Å². The zero-order valence-corrected chi connectivity index (χ0v) is 17.9. The van der Waals surface area contributed by atoms with Crippen LogP contribution in [0.5, 0.6) is 0 Å². The van der Waals surface area contributed by atoms with Crippen LogP contribution >= 0.6 is 23.2 Å². The van der Waals surface area contributed by atoms with E-state index in [1.54, 1.807) is 4.90 Å². The SMILES string of the molecule is O=C1c2cc(Cl)c(Cl)cc2C(=O)N1CC(=O)N(C1CCCC1)C1CCS(=O)(=O)C1. The summed E-state index contributed by atoms with van der Waals surface area (Å²) in [5, 5.41) is 0.312. The molecule has 29 heavy (non-hydrogen) atoms. The molecule has 1 atom stereocenters. The van der Waals surface area contributed by atoms with Gasteiger partial charge in [-0.2, -0.15) is 0 Å². The molecule has 2 aliphatic heterocycles. The Morgan fingerprint density at radius 1 is 1.00 bits per heavy atom. The van der Waals surface area contributed by atoms with E-state index in [1.807, 2.05) is 0 Å². The fraction of sp³-hybridized carbons (Fsp3) is 0.526. The number of carbonyl (C=O) groups excluding carboxylic acids is 3. The number of sulfone groups is 1. The normalized spacial score (nSPS) is 23.7. The minimum Gasteiger partial charge on any atom is -0.334 e. The molecule has 0 radical (unpaired) electrons.